The molecule has 8 nitrogen and oxygen atoms in total. The van der Waals surface area contributed by atoms with Gasteiger partial charge in [-0.05, 0) is 12.1 Å². The third-order valence-corrected chi connectivity index (χ3v) is 3.63. The number of benzene rings is 1. The maximum Gasteiger partial charge on any atom is 0.352 e. The third-order valence-electron chi connectivity index (χ3n) is 3.63. The van der Waals surface area contributed by atoms with Gasteiger partial charge in [0, 0.05) is 5.39 Å². The number of hydrogen-bond donors (Lipinski definition) is 4. The normalized spacial score (nSPS) is 29.1. The van der Waals surface area contributed by atoms with E-state index in [-0.39, 0.29) is 5.82 Å². The summed E-state index contributed by atoms with van der Waals surface area (Å²) in [6, 6.07) is 6.78. The first-order valence-corrected chi connectivity index (χ1v) is 6.44. The van der Waals surface area contributed by atoms with Gasteiger partial charge < -0.3 is 25.8 Å². The summed E-state index contributed by atoms with van der Waals surface area (Å²) in [5, 5.41) is 29.5. The van der Waals surface area contributed by atoms with Crippen molar-refractivity contribution in [1.29, 1.82) is 0 Å². The van der Waals surface area contributed by atoms with Crippen molar-refractivity contribution in [2.75, 3.05) is 12.3 Å². The Balaban J connectivity index is 2.20. The number of aromatic nitrogens is 2. The first-order valence-electron chi connectivity index (χ1n) is 6.44. The van der Waals surface area contributed by atoms with Crippen LogP contribution >= 0.6 is 0 Å². The highest BCUT2D eigenvalue weighted by Crippen LogP contribution is 2.31. The van der Waals surface area contributed by atoms with Crippen LogP contribution in [-0.2, 0) is 4.74 Å². The molecule has 0 aliphatic carbocycles. The van der Waals surface area contributed by atoms with E-state index in [2.05, 4.69) is 4.98 Å². The lowest BCUT2D eigenvalue weighted by Crippen LogP contribution is -2.36. The lowest BCUT2D eigenvalue weighted by molar-refractivity contribution is -0.0527. The zero-order chi connectivity index (χ0) is 15.1. The number of aliphatic hydroxyl groups excluding tert-OH is 3. The second-order valence-electron chi connectivity index (χ2n) is 4.90. The molecule has 0 unspecified atom stereocenters. The lowest BCUT2D eigenvalue weighted by Gasteiger charge is -2.19. The monoisotopic (exact) mass is 293 g/mol. The number of nitrogen functional groups attached to an aromatic ring is 1. The Morgan fingerprint density at radius 3 is 2.67 bits per heavy atom. The molecule has 0 bridgehead atoms. The summed E-state index contributed by atoms with van der Waals surface area (Å²) < 4.78 is 6.52. The predicted octanol–water partition coefficient (Wildman–Crippen LogP) is -1.41. The summed E-state index contributed by atoms with van der Waals surface area (Å²) in [7, 11) is 0. The van der Waals surface area contributed by atoms with Crippen LogP contribution in [0.25, 0.3) is 10.9 Å². The van der Waals surface area contributed by atoms with Gasteiger partial charge in [-0.2, -0.15) is 4.98 Å². The number of rotatable bonds is 2. The van der Waals surface area contributed by atoms with Gasteiger partial charge in [-0.25, -0.2) is 4.79 Å². The van der Waals surface area contributed by atoms with Gasteiger partial charge in [0.15, 0.2) is 6.23 Å². The Kier molecular flexibility index (Phi) is 3.38. The van der Waals surface area contributed by atoms with E-state index in [1.54, 1.807) is 24.3 Å². The smallest absolute Gasteiger partial charge is 0.352 e. The maximum atomic E-state index is 12.1. The molecule has 1 aromatic carbocycles. The van der Waals surface area contributed by atoms with Crippen molar-refractivity contribution in [1.82, 2.24) is 9.55 Å². The Bertz CT molecular complexity index is 731. The number of hydrogen-bond acceptors (Lipinski definition) is 7. The average Bonchev–Trinajstić information content (AvgIpc) is 2.75. The molecule has 0 saturated carbocycles. The van der Waals surface area contributed by atoms with Crippen LogP contribution in [0.5, 0.6) is 0 Å². The minimum absolute atomic E-state index is 0.0820. The number of nitrogens with two attached hydrogens (primary N) is 1. The van der Waals surface area contributed by atoms with E-state index in [9.17, 15) is 15.0 Å². The van der Waals surface area contributed by atoms with Gasteiger partial charge in [0.25, 0.3) is 0 Å². The molecule has 0 amide bonds. The van der Waals surface area contributed by atoms with Gasteiger partial charge in [0.2, 0.25) is 0 Å². The molecule has 0 radical (unpaired) electrons. The summed E-state index contributed by atoms with van der Waals surface area (Å²) in [4.78, 5) is 15.8. The van der Waals surface area contributed by atoms with Crippen LogP contribution in [0.1, 0.15) is 6.23 Å². The summed E-state index contributed by atoms with van der Waals surface area (Å²) in [5.41, 5.74) is 5.46. The zero-order valence-corrected chi connectivity index (χ0v) is 11.0. The van der Waals surface area contributed by atoms with Crippen molar-refractivity contribution in [2.45, 2.75) is 24.5 Å². The Morgan fingerprint density at radius 2 is 2.00 bits per heavy atom. The van der Waals surface area contributed by atoms with Crippen LogP contribution < -0.4 is 11.4 Å². The number of fused-ring (bicyclic) bond motifs is 1. The first-order chi connectivity index (χ1) is 10.0. The molecule has 1 aliphatic rings. The van der Waals surface area contributed by atoms with Gasteiger partial charge in [0.05, 0.1) is 12.1 Å². The number of anilines is 1. The van der Waals surface area contributed by atoms with Gasteiger partial charge in [-0.1, -0.05) is 12.1 Å². The molecule has 2 aromatic rings. The number of ether oxygens (including phenoxy) is 1. The van der Waals surface area contributed by atoms with E-state index in [0.29, 0.717) is 10.9 Å². The number of aliphatic hydroxyl groups is 3. The van der Waals surface area contributed by atoms with E-state index in [0.717, 1.165) is 4.57 Å². The molecule has 3 rings (SSSR count). The summed E-state index contributed by atoms with van der Waals surface area (Å²) >= 11 is 0. The highest BCUT2D eigenvalue weighted by Gasteiger charge is 2.44. The van der Waals surface area contributed by atoms with Crippen LogP contribution in [-0.4, -0.2) is 49.8 Å². The maximum absolute atomic E-state index is 12.1. The zero-order valence-electron chi connectivity index (χ0n) is 11.0. The Morgan fingerprint density at radius 1 is 1.29 bits per heavy atom. The summed E-state index contributed by atoms with van der Waals surface area (Å²) in [6.45, 7) is -0.468. The Labute approximate surface area is 119 Å². The number of para-hydroxylation sites is 1. The molecule has 112 valence electrons. The van der Waals surface area contributed by atoms with Gasteiger partial charge >= 0.3 is 5.69 Å². The molecular formula is C13H15N3O5. The molecule has 2 heterocycles. The molecule has 0 spiro atoms. The fourth-order valence-corrected chi connectivity index (χ4v) is 2.56. The van der Waals surface area contributed by atoms with Crippen LogP contribution in [0.3, 0.4) is 0 Å². The molecule has 21 heavy (non-hydrogen) atoms. The van der Waals surface area contributed by atoms with E-state index in [1.165, 1.54) is 0 Å². The fraction of sp³-hybridized carbons (Fsp3) is 0.385. The van der Waals surface area contributed by atoms with Crippen LogP contribution in [0.2, 0.25) is 0 Å². The van der Waals surface area contributed by atoms with Crippen LogP contribution in [0, 0.1) is 0 Å². The highest BCUT2D eigenvalue weighted by molar-refractivity contribution is 5.88. The van der Waals surface area contributed by atoms with Crippen LogP contribution in [0.4, 0.5) is 5.82 Å². The van der Waals surface area contributed by atoms with Gasteiger partial charge in [-0.15, -0.1) is 0 Å². The second-order valence-corrected chi connectivity index (χ2v) is 4.90. The molecule has 4 atom stereocenters. The molecule has 1 aliphatic heterocycles. The minimum atomic E-state index is -1.35. The van der Waals surface area contributed by atoms with Crippen molar-refractivity contribution in [3.05, 3.63) is 34.7 Å². The van der Waals surface area contributed by atoms with E-state index >= 15 is 0 Å². The molecular weight excluding hydrogens is 278 g/mol. The molecule has 1 fully saturated rings. The van der Waals surface area contributed by atoms with Crippen molar-refractivity contribution in [3.8, 4) is 0 Å². The summed E-state index contributed by atoms with van der Waals surface area (Å²) in [5.74, 6) is 0.0820. The van der Waals surface area contributed by atoms with Gasteiger partial charge in [-0.3, -0.25) is 4.57 Å². The van der Waals surface area contributed by atoms with Crippen LogP contribution in [0.15, 0.2) is 29.1 Å². The highest BCUT2D eigenvalue weighted by atomic mass is 16.6. The average molecular weight is 293 g/mol. The van der Waals surface area contributed by atoms with Crippen molar-refractivity contribution in [3.63, 3.8) is 0 Å². The minimum Gasteiger partial charge on any atom is -0.394 e. The van der Waals surface area contributed by atoms with Crippen molar-refractivity contribution in [2.24, 2.45) is 0 Å². The fourth-order valence-electron chi connectivity index (χ4n) is 2.56. The quantitative estimate of drug-likeness (QED) is 0.535. The molecule has 1 aromatic heterocycles. The largest absolute Gasteiger partial charge is 0.394 e. The standard InChI is InChI=1S/C13H15N3O5/c14-11-6-3-1-2-4-7(6)16(13(20)15-11)12-10(19)9(18)8(5-17)21-12/h1-4,8-10,12,17-19H,5H2,(H2,14,15,20)/t8-,9+,10+,12-/m0/s1. The summed E-state index contributed by atoms with van der Waals surface area (Å²) in [6.07, 6.45) is -4.74. The third kappa shape index (κ3) is 2.09. The van der Waals surface area contributed by atoms with Crippen molar-refractivity contribution < 1.29 is 20.1 Å². The van der Waals surface area contributed by atoms with Crippen molar-refractivity contribution >= 4 is 16.7 Å². The lowest BCUT2D eigenvalue weighted by atomic mass is 10.1. The van der Waals surface area contributed by atoms with E-state index < -0.39 is 36.8 Å². The van der Waals surface area contributed by atoms with E-state index in [1.807, 2.05) is 0 Å². The number of nitrogens with zero attached hydrogens (tertiary/aromatic N) is 2. The molecule has 1 saturated heterocycles. The topological polar surface area (TPSA) is 131 Å². The first kappa shape index (κ1) is 14.0. The second kappa shape index (κ2) is 5.08. The van der Waals surface area contributed by atoms with Gasteiger partial charge in [0.1, 0.15) is 24.1 Å². The predicted molar refractivity (Wildman–Crippen MR) is 73.4 cm³/mol. The molecule has 8 heteroatoms. The molecule has 5 N–H and O–H groups in total. The Hall–Kier alpha value is -2.00. The van der Waals surface area contributed by atoms with E-state index in [4.69, 9.17) is 15.6 Å². The SMILES string of the molecule is Nc1nc(=O)n([C@H]2O[C@@H](CO)[C@@H](O)[C@H]2O)c2ccccc12.